The number of nitrogens with zero attached hydrogens (tertiary/aromatic N) is 3. The summed E-state index contributed by atoms with van der Waals surface area (Å²) in [6, 6.07) is 9.59. The van der Waals surface area contributed by atoms with Crippen LogP contribution in [0.1, 0.15) is 40.9 Å². The van der Waals surface area contributed by atoms with Gasteiger partial charge in [0.15, 0.2) is 0 Å². The van der Waals surface area contributed by atoms with Crippen molar-refractivity contribution in [1.29, 1.82) is 0 Å². The Bertz CT molecular complexity index is 786. The molecule has 0 radical (unpaired) electrons. The fourth-order valence-corrected chi connectivity index (χ4v) is 3.36. The fraction of sp³-hybridized carbons (Fsp3) is 0.429. The van der Waals surface area contributed by atoms with Gasteiger partial charge >= 0.3 is 0 Å². The minimum Gasteiger partial charge on any atom is -0.354 e. The second-order valence-electron chi connectivity index (χ2n) is 7.09. The van der Waals surface area contributed by atoms with Crippen LogP contribution in [0.5, 0.6) is 0 Å². The molecule has 0 spiro atoms. The molecule has 0 saturated carbocycles. The van der Waals surface area contributed by atoms with Crippen LogP contribution in [0.4, 0.5) is 5.69 Å². The summed E-state index contributed by atoms with van der Waals surface area (Å²) in [5, 5.41) is 0. The van der Waals surface area contributed by atoms with Gasteiger partial charge in [-0.15, -0.1) is 0 Å². The van der Waals surface area contributed by atoms with E-state index in [1.807, 2.05) is 66.9 Å². The Morgan fingerprint density at radius 3 is 2.23 bits per heavy atom. The lowest BCUT2D eigenvalue weighted by Gasteiger charge is -2.30. The molecule has 1 saturated heterocycles. The van der Waals surface area contributed by atoms with Gasteiger partial charge in [0.25, 0.3) is 5.91 Å². The summed E-state index contributed by atoms with van der Waals surface area (Å²) in [4.78, 5) is 29.5. The van der Waals surface area contributed by atoms with Crippen LogP contribution in [-0.4, -0.2) is 40.9 Å². The highest BCUT2D eigenvalue weighted by Crippen LogP contribution is 2.21. The molecule has 0 N–H and O–H groups in total. The summed E-state index contributed by atoms with van der Waals surface area (Å²) in [6.07, 6.45) is 5.14. The molecule has 0 atom stereocenters. The zero-order valence-electron chi connectivity index (χ0n) is 15.9. The minimum absolute atomic E-state index is 0.0206. The van der Waals surface area contributed by atoms with Gasteiger partial charge in [0.05, 0.1) is 5.56 Å². The zero-order chi connectivity index (χ0) is 18.7. The summed E-state index contributed by atoms with van der Waals surface area (Å²) in [7, 11) is 1.92. The number of benzene rings is 1. The van der Waals surface area contributed by atoms with Crippen LogP contribution in [-0.2, 0) is 11.8 Å². The lowest BCUT2D eigenvalue weighted by Crippen LogP contribution is -2.45. The molecule has 2 aromatic rings. The molecule has 1 aromatic carbocycles. The van der Waals surface area contributed by atoms with Crippen LogP contribution in [0.15, 0.2) is 36.5 Å². The van der Waals surface area contributed by atoms with Gasteiger partial charge in [0.1, 0.15) is 6.54 Å². The molecule has 2 heterocycles. The number of aromatic nitrogens is 1. The van der Waals surface area contributed by atoms with E-state index in [4.69, 9.17) is 0 Å². The van der Waals surface area contributed by atoms with Crippen LogP contribution in [0, 0.1) is 13.8 Å². The summed E-state index contributed by atoms with van der Waals surface area (Å²) in [5.41, 5.74) is 3.42. The lowest BCUT2D eigenvalue weighted by atomic mass is 10.1. The Kier molecular flexibility index (Phi) is 5.45. The normalized spacial score (nSPS) is 14.3. The average Bonchev–Trinajstić information content (AvgIpc) is 2.99. The topological polar surface area (TPSA) is 45.6 Å². The Labute approximate surface area is 155 Å². The van der Waals surface area contributed by atoms with E-state index in [0.717, 1.165) is 42.9 Å². The third-order valence-electron chi connectivity index (χ3n) is 5.21. The van der Waals surface area contributed by atoms with Crippen molar-refractivity contribution in [3.05, 3.63) is 53.3 Å². The first-order valence-electron chi connectivity index (χ1n) is 9.25. The van der Waals surface area contributed by atoms with E-state index in [-0.39, 0.29) is 18.4 Å². The minimum atomic E-state index is -0.127. The van der Waals surface area contributed by atoms with Crippen molar-refractivity contribution in [3.63, 3.8) is 0 Å². The number of likely N-dealkylation sites (tertiary alicyclic amines) is 1. The number of aryl methyl sites for hydroxylation is 2. The first-order chi connectivity index (χ1) is 12.5. The van der Waals surface area contributed by atoms with E-state index in [9.17, 15) is 9.59 Å². The van der Waals surface area contributed by atoms with E-state index >= 15 is 0 Å². The van der Waals surface area contributed by atoms with Crippen LogP contribution in [0.3, 0.4) is 0 Å². The Morgan fingerprint density at radius 2 is 1.65 bits per heavy atom. The van der Waals surface area contributed by atoms with Crippen LogP contribution in [0.2, 0.25) is 0 Å². The molecule has 5 heteroatoms. The molecule has 1 aromatic heterocycles. The number of carbonyl (C=O) groups excluding carboxylic acids is 2. The molecular weight excluding hydrogens is 326 g/mol. The summed E-state index contributed by atoms with van der Waals surface area (Å²) in [6.45, 7) is 5.59. The number of hydrogen-bond acceptors (Lipinski definition) is 2. The summed E-state index contributed by atoms with van der Waals surface area (Å²) < 4.78 is 1.92. The Balaban J connectivity index is 1.88. The summed E-state index contributed by atoms with van der Waals surface area (Å²) >= 11 is 0. The SMILES string of the molecule is Cc1ccc(N(CC(=O)N2CCCCC2)C(=O)c2ccn(C)c2C)cc1. The highest BCUT2D eigenvalue weighted by molar-refractivity contribution is 6.09. The molecule has 1 aliphatic heterocycles. The van der Waals surface area contributed by atoms with E-state index < -0.39 is 0 Å². The van der Waals surface area contributed by atoms with Crippen molar-refractivity contribution < 1.29 is 9.59 Å². The third-order valence-corrected chi connectivity index (χ3v) is 5.21. The van der Waals surface area contributed by atoms with Gasteiger partial charge in [-0.3, -0.25) is 14.5 Å². The van der Waals surface area contributed by atoms with Crippen molar-refractivity contribution in [2.75, 3.05) is 24.5 Å². The zero-order valence-corrected chi connectivity index (χ0v) is 15.9. The van der Waals surface area contributed by atoms with Gasteiger partial charge < -0.3 is 9.47 Å². The largest absolute Gasteiger partial charge is 0.354 e. The molecule has 26 heavy (non-hydrogen) atoms. The second kappa shape index (κ2) is 7.77. The van der Waals surface area contributed by atoms with Crippen molar-refractivity contribution in [2.45, 2.75) is 33.1 Å². The number of anilines is 1. The van der Waals surface area contributed by atoms with E-state index in [2.05, 4.69) is 0 Å². The molecule has 5 nitrogen and oxygen atoms in total. The third kappa shape index (κ3) is 3.82. The van der Waals surface area contributed by atoms with Gasteiger partial charge in [-0.05, 0) is 51.3 Å². The predicted molar refractivity (Wildman–Crippen MR) is 103 cm³/mol. The highest BCUT2D eigenvalue weighted by Gasteiger charge is 2.26. The quantitative estimate of drug-likeness (QED) is 0.847. The van der Waals surface area contributed by atoms with Crippen LogP contribution in [0.25, 0.3) is 0 Å². The molecule has 0 bridgehead atoms. The van der Waals surface area contributed by atoms with Crippen molar-refractivity contribution >= 4 is 17.5 Å². The smallest absolute Gasteiger partial charge is 0.260 e. The number of piperidine rings is 1. The molecule has 0 aliphatic carbocycles. The van der Waals surface area contributed by atoms with Gasteiger partial charge in [-0.1, -0.05) is 17.7 Å². The first kappa shape index (κ1) is 18.2. The maximum Gasteiger partial charge on any atom is 0.260 e. The highest BCUT2D eigenvalue weighted by atomic mass is 16.2. The molecule has 0 unspecified atom stereocenters. The maximum atomic E-state index is 13.2. The van der Waals surface area contributed by atoms with Crippen molar-refractivity contribution in [1.82, 2.24) is 9.47 Å². The molecule has 2 amide bonds. The molecule has 3 rings (SSSR count). The number of amides is 2. The van der Waals surface area contributed by atoms with Crippen LogP contribution < -0.4 is 4.90 Å². The summed E-state index contributed by atoms with van der Waals surface area (Å²) in [5.74, 6) is -0.107. The number of carbonyl (C=O) groups is 2. The van der Waals surface area contributed by atoms with Gasteiger partial charge in [-0.2, -0.15) is 0 Å². The second-order valence-corrected chi connectivity index (χ2v) is 7.09. The molecule has 1 fully saturated rings. The van der Waals surface area contributed by atoms with Gasteiger partial charge in [-0.25, -0.2) is 0 Å². The molecule has 1 aliphatic rings. The van der Waals surface area contributed by atoms with Gasteiger partial charge in [0.2, 0.25) is 5.91 Å². The number of rotatable bonds is 4. The van der Waals surface area contributed by atoms with E-state index in [1.54, 1.807) is 4.90 Å². The van der Waals surface area contributed by atoms with Gasteiger partial charge in [0, 0.05) is 37.7 Å². The first-order valence-corrected chi connectivity index (χ1v) is 9.25. The average molecular weight is 353 g/mol. The molecule has 138 valence electrons. The van der Waals surface area contributed by atoms with Crippen molar-refractivity contribution in [2.24, 2.45) is 7.05 Å². The Hall–Kier alpha value is -2.56. The van der Waals surface area contributed by atoms with Crippen molar-refractivity contribution in [3.8, 4) is 0 Å². The van der Waals surface area contributed by atoms with E-state index in [0.29, 0.717) is 5.56 Å². The molecular formula is C21H27N3O2. The lowest BCUT2D eigenvalue weighted by molar-refractivity contribution is -0.130. The predicted octanol–water partition coefficient (Wildman–Crippen LogP) is 3.30. The monoisotopic (exact) mass is 353 g/mol. The fourth-order valence-electron chi connectivity index (χ4n) is 3.36. The van der Waals surface area contributed by atoms with E-state index in [1.165, 1.54) is 6.42 Å². The standard InChI is InChI=1S/C21H27N3O2/c1-16-7-9-18(10-8-16)24(15-20(25)23-12-5-4-6-13-23)21(26)19-11-14-22(3)17(19)2/h7-11,14H,4-6,12-13,15H2,1-3H3. The number of hydrogen-bond donors (Lipinski definition) is 0. The Morgan fingerprint density at radius 1 is 1.00 bits per heavy atom. The van der Waals surface area contributed by atoms with Crippen LogP contribution >= 0.6 is 0 Å². The maximum absolute atomic E-state index is 13.2.